The molecule has 1 heterocycles. The molecule has 1 atom stereocenters. The van der Waals surface area contributed by atoms with Crippen LogP contribution >= 0.6 is 11.6 Å². The van der Waals surface area contributed by atoms with E-state index in [4.69, 9.17) is 21.5 Å². The highest BCUT2D eigenvalue weighted by Crippen LogP contribution is 2.36. The Labute approximate surface area is 176 Å². The molecule has 1 aromatic carbocycles. The molecule has 1 aliphatic heterocycles. The van der Waals surface area contributed by atoms with Crippen molar-refractivity contribution in [3.63, 3.8) is 0 Å². The maximum absolute atomic E-state index is 14.5. The molecule has 0 radical (unpaired) electrons. The van der Waals surface area contributed by atoms with Crippen LogP contribution in [0, 0.1) is 5.82 Å². The largest absolute Gasteiger partial charge is 0.400 e. The van der Waals surface area contributed by atoms with E-state index in [9.17, 15) is 22.8 Å². The van der Waals surface area contributed by atoms with E-state index in [-0.39, 0.29) is 22.0 Å². The van der Waals surface area contributed by atoms with Crippen molar-refractivity contribution < 1.29 is 32.7 Å². The summed E-state index contributed by atoms with van der Waals surface area (Å²) < 4.78 is 41.9. The van der Waals surface area contributed by atoms with Gasteiger partial charge in [-0.1, -0.05) is 23.3 Å². The number of aldehydes is 1. The Bertz CT molecular complexity index is 885. The number of hydrogen-bond donors (Lipinski definition) is 1. The molecule has 2 amide bonds. The topological polar surface area (TPSA) is 82.4 Å². The lowest BCUT2D eigenvalue weighted by atomic mass is 10.1. The van der Waals surface area contributed by atoms with Gasteiger partial charge in [0.2, 0.25) is 0 Å². The second-order valence-corrected chi connectivity index (χ2v) is 6.50. The number of amides is 2. The fourth-order valence-corrected chi connectivity index (χ4v) is 2.61. The molecule has 164 valence electrons. The highest BCUT2D eigenvalue weighted by atomic mass is 35.5. The molecule has 30 heavy (non-hydrogen) atoms. The molecular formula is C19H21ClF3N3O4. The monoisotopic (exact) mass is 447 g/mol. The second kappa shape index (κ2) is 10.3. The number of rotatable bonds is 6. The smallest absolute Gasteiger partial charge is 0.333 e. The van der Waals surface area contributed by atoms with Gasteiger partial charge in [0, 0.05) is 32.3 Å². The van der Waals surface area contributed by atoms with Gasteiger partial charge in [-0.2, -0.15) is 0 Å². The number of nitrogens with zero attached hydrogens (tertiary/aromatic N) is 3. The maximum Gasteiger partial charge on any atom is 0.333 e. The number of carbonyl (C=O) groups is 2. The number of anilines is 1. The molecule has 1 aliphatic rings. The summed E-state index contributed by atoms with van der Waals surface area (Å²) in [5.41, 5.74) is -0.790. The van der Waals surface area contributed by atoms with Crippen molar-refractivity contribution in [3.05, 3.63) is 52.6 Å². The molecule has 2 rings (SSSR count). The third-order valence-corrected chi connectivity index (χ3v) is 4.12. The van der Waals surface area contributed by atoms with E-state index in [1.54, 1.807) is 0 Å². The van der Waals surface area contributed by atoms with E-state index >= 15 is 0 Å². The summed E-state index contributed by atoms with van der Waals surface area (Å²) in [6, 6.07) is 1.21. The molecule has 7 nitrogen and oxygen atoms in total. The van der Waals surface area contributed by atoms with Gasteiger partial charge in [0.15, 0.2) is 12.4 Å². The number of hydrogen-bond acceptors (Lipinski definition) is 5. The number of carbonyl (C=O) groups excluding carboxylic acids is 2. The number of allylic oxidation sites excluding steroid dienone is 2. The molecule has 0 aliphatic carbocycles. The molecule has 0 bridgehead atoms. The molecule has 1 aromatic rings. The van der Waals surface area contributed by atoms with Crippen LogP contribution in [0.1, 0.15) is 19.4 Å². The summed E-state index contributed by atoms with van der Waals surface area (Å²) in [6.07, 6.45) is 1.85. The van der Waals surface area contributed by atoms with E-state index < -0.39 is 29.6 Å². The van der Waals surface area contributed by atoms with Gasteiger partial charge in [-0.05, 0) is 25.1 Å². The van der Waals surface area contributed by atoms with Crippen LogP contribution in [-0.4, -0.2) is 54.7 Å². The number of aliphatic hydroxyl groups excluding tert-OH is 1. The van der Waals surface area contributed by atoms with E-state index in [1.807, 2.05) is 0 Å². The Morgan fingerprint density at radius 1 is 1.37 bits per heavy atom. The lowest BCUT2D eigenvalue weighted by Crippen LogP contribution is -2.47. The SMILES string of the molecule is C=C1C=C(C(C)(F)F)N(C)C(=O)N1c1cc(/C=N/OC(C)C=O)c(Cl)cc1F.CO. The highest BCUT2D eigenvalue weighted by Gasteiger charge is 2.40. The highest BCUT2D eigenvalue weighted by molar-refractivity contribution is 6.33. The summed E-state index contributed by atoms with van der Waals surface area (Å²) in [7, 11) is 2.15. The van der Waals surface area contributed by atoms with E-state index in [1.165, 1.54) is 13.0 Å². The van der Waals surface area contributed by atoms with Crippen LogP contribution in [0.3, 0.4) is 0 Å². The number of oxime groups is 1. The van der Waals surface area contributed by atoms with Crippen molar-refractivity contribution in [2.45, 2.75) is 25.9 Å². The molecule has 1 unspecified atom stereocenters. The first-order chi connectivity index (χ1) is 14.0. The Morgan fingerprint density at radius 2 is 1.97 bits per heavy atom. The van der Waals surface area contributed by atoms with Crippen molar-refractivity contribution >= 4 is 35.8 Å². The van der Waals surface area contributed by atoms with Gasteiger partial charge in [0.1, 0.15) is 5.82 Å². The second-order valence-electron chi connectivity index (χ2n) is 6.09. The summed E-state index contributed by atoms with van der Waals surface area (Å²) in [4.78, 5) is 29.5. The number of alkyl halides is 2. The van der Waals surface area contributed by atoms with Gasteiger partial charge in [-0.3, -0.25) is 14.6 Å². The Morgan fingerprint density at radius 3 is 2.50 bits per heavy atom. The standard InChI is InChI=1S/C18H17ClF3N3O3.CH4O/c1-10-5-16(18(3,21)22)24(4)17(27)25(10)15-6-12(13(19)7-14(15)20)8-23-28-11(2)9-26;1-2/h5-9,11H,1H2,2-4H3;2H,1H3/b23-8+;. The third-order valence-electron chi connectivity index (χ3n) is 3.80. The molecule has 0 aromatic heterocycles. The minimum atomic E-state index is -3.29. The molecule has 1 N–H and O–H groups in total. The third kappa shape index (κ3) is 5.61. The zero-order valence-corrected chi connectivity index (χ0v) is 17.5. The Kier molecular flexibility index (Phi) is 8.61. The van der Waals surface area contributed by atoms with Crippen LogP contribution in [-0.2, 0) is 9.63 Å². The van der Waals surface area contributed by atoms with Gasteiger partial charge in [0.25, 0.3) is 5.92 Å². The predicted molar refractivity (Wildman–Crippen MR) is 107 cm³/mol. The van der Waals surface area contributed by atoms with Gasteiger partial charge in [-0.15, -0.1) is 0 Å². The van der Waals surface area contributed by atoms with Crippen LogP contribution in [0.15, 0.2) is 41.3 Å². The van der Waals surface area contributed by atoms with Gasteiger partial charge in [0.05, 0.1) is 22.6 Å². The van der Waals surface area contributed by atoms with Crippen molar-refractivity contribution in [2.75, 3.05) is 19.1 Å². The van der Waals surface area contributed by atoms with Gasteiger partial charge in [-0.25, -0.2) is 18.0 Å². The van der Waals surface area contributed by atoms with Crippen LogP contribution < -0.4 is 4.90 Å². The van der Waals surface area contributed by atoms with Gasteiger partial charge >= 0.3 is 6.03 Å². The number of urea groups is 1. The predicted octanol–water partition coefficient (Wildman–Crippen LogP) is 3.95. The number of halogens is 4. The van der Waals surface area contributed by atoms with Crippen LogP contribution in [0.2, 0.25) is 5.02 Å². The first-order valence-electron chi connectivity index (χ1n) is 8.42. The number of aliphatic hydroxyl groups is 1. The number of benzene rings is 1. The molecule has 0 saturated carbocycles. The van der Waals surface area contributed by atoms with Gasteiger partial charge < -0.3 is 9.94 Å². The average Bonchev–Trinajstić information content (AvgIpc) is 2.68. The summed E-state index contributed by atoms with van der Waals surface area (Å²) >= 11 is 5.97. The molecule has 11 heteroatoms. The van der Waals surface area contributed by atoms with Crippen LogP contribution in [0.25, 0.3) is 0 Å². The fourth-order valence-electron chi connectivity index (χ4n) is 2.41. The van der Waals surface area contributed by atoms with Crippen molar-refractivity contribution in [2.24, 2.45) is 5.16 Å². The summed E-state index contributed by atoms with van der Waals surface area (Å²) in [5.74, 6) is -4.16. The van der Waals surface area contributed by atoms with Crippen molar-refractivity contribution in [3.8, 4) is 0 Å². The minimum absolute atomic E-state index is 0.0351. The van der Waals surface area contributed by atoms with E-state index in [2.05, 4.69) is 11.7 Å². The van der Waals surface area contributed by atoms with E-state index in [0.29, 0.717) is 18.1 Å². The Balaban J connectivity index is 0.00000218. The zero-order chi connectivity index (χ0) is 23.2. The average molecular weight is 448 g/mol. The first kappa shape index (κ1) is 25.2. The van der Waals surface area contributed by atoms with Crippen LogP contribution in [0.4, 0.5) is 23.7 Å². The maximum atomic E-state index is 14.5. The fraction of sp³-hybridized carbons (Fsp3) is 0.316. The molecule has 0 saturated heterocycles. The lowest BCUT2D eigenvalue weighted by molar-refractivity contribution is -0.116. The summed E-state index contributed by atoms with van der Waals surface area (Å²) in [6.45, 7) is 5.68. The first-order valence-corrected chi connectivity index (χ1v) is 8.80. The Hall–Kier alpha value is -2.85. The molecular weight excluding hydrogens is 427 g/mol. The lowest BCUT2D eigenvalue weighted by Gasteiger charge is -2.36. The summed E-state index contributed by atoms with van der Waals surface area (Å²) in [5, 5.41) is 10.5. The normalized spacial score (nSPS) is 15.6. The minimum Gasteiger partial charge on any atom is -0.400 e. The molecule has 0 spiro atoms. The quantitative estimate of drug-likeness (QED) is 0.406. The molecule has 0 fully saturated rings. The van der Waals surface area contributed by atoms with Crippen molar-refractivity contribution in [1.82, 2.24) is 4.90 Å². The zero-order valence-electron chi connectivity index (χ0n) is 16.7. The van der Waals surface area contributed by atoms with Crippen molar-refractivity contribution in [1.29, 1.82) is 0 Å². The van der Waals surface area contributed by atoms with E-state index in [0.717, 1.165) is 37.4 Å². The van der Waals surface area contributed by atoms with Crippen LogP contribution in [0.5, 0.6) is 0 Å².